The summed E-state index contributed by atoms with van der Waals surface area (Å²) in [5.41, 5.74) is 13.4. The van der Waals surface area contributed by atoms with Gasteiger partial charge in [0.1, 0.15) is 5.82 Å². The van der Waals surface area contributed by atoms with Crippen LogP contribution in [-0.4, -0.2) is 9.55 Å². The minimum absolute atomic E-state index is 0.742. The molecule has 24 heavy (non-hydrogen) atoms. The van der Waals surface area contributed by atoms with Crippen LogP contribution in [0.3, 0.4) is 0 Å². The lowest BCUT2D eigenvalue weighted by Gasteiger charge is -2.12. The Bertz CT molecular complexity index is 1020. The molecule has 0 aliphatic rings. The van der Waals surface area contributed by atoms with E-state index < -0.39 is 0 Å². The van der Waals surface area contributed by atoms with Crippen LogP contribution >= 0.6 is 0 Å². The normalized spacial score (nSPS) is 11.1. The molecule has 0 unspecified atom stereocenters. The molecule has 2 N–H and O–H groups in total. The molecule has 4 aromatic rings. The Kier molecular flexibility index (Phi) is 3.35. The van der Waals surface area contributed by atoms with Crippen LogP contribution in [0.2, 0.25) is 0 Å². The number of rotatable bonds is 2. The van der Waals surface area contributed by atoms with Crippen molar-refractivity contribution < 1.29 is 0 Å². The Hall–Kier alpha value is -3.07. The van der Waals surface area contributed by atoms with Gasteiger partial charge in [-0.1, -0.05) is 30.3 Å². The molecular formula is C21H19N3. The number of aryl methyl sites for hydroxylation is 2. The summed E-state index contributed by atoms with van der Waals surface area (Å²) in [6, 6.07) is 22.7. The molecule has 0 aliphatic heterocycles. The molecule has 0 saturated heterocycles. The summed E-state index contributed by atoms with van der Waals surface area (Å²) in [5, 5.41) is 0. The smallest absolute Gasteiger partial charge is 0.145 e. The third-order valence-corrected chi connectivity index (χ3v) is 4.17. The van der Waals surface area contributed by atoms with Crippen molar-refractivity contribution >= 4 is 16.7 Å². The lowest BCUT2D eigenvalue weighted by Crippen LogP contribution is -1.99. The molecule has 4 rings (SSSR count). The first kappa shape index (κ1) is 14.5. The van der Waals surface area contributed by atoms with Crippen LogP contribution in [0.4, 0.5) is 5.69 Å². The summed E-state index contributed by atoms with van der Waals surface area (Å²) in [7, 11) is 0. The van der Waals surface area contributed by atoms with E-state index in [0.717, 1.165) is 33.8 Å². The highest BCUT2D eigenvalue weighted by Gasteiger charge is 2.14. The summed E-state index contributed by atoms with van der Waals surface area (Å²) in [4.78, 5) is 4.87. The Morgan fingerprint density at radius 1 is 0.833 bits per heavy atom. The Balaban J connectivity index is 2.07. The first-order chi connectivity index (χ1) is 11.6. The summed E-state index contributed by atoms with van der Waals surface area (Å²) in [6.45, 7) is 4.24. The van der Waals surface area contributed by atoms with Crippen molar-refractivity contribution in [1.82, 2.24) is 9.55 Å². The van der Waals surface area contributed by atoms with Crippen LogP contribution in [0.1, 0.15) is 11.1 Å². The molecule has 1 aromatic heterocycles. The van der Waals surface area contributed by atoms with E-state index in [-0.39, 0.29) is 0 Å². The molecule has 0 radical (unpaired) electrons. The van der Waals surface area contributed by atoms with E-state index in [2.05, 4.69) is 48.7 Å². The van der Waals surface area contributed by atoms with Crippen LogP contribution in [0.25, 0.3) is 28.1 Å². The summed E-state index contributed by atoms with van der Waals surface area (Å²) >= 11 is 0. The summed E-state index contributed by atoms with van der Waals surface area (Å²) in [5.74, 6) is 0.911. The number of fused-ring (bicyclic) bond motifs is 1. The molecule has 0 bridgehead atoms. The molecule has 118 valence electrons. The SMILES string of the molecule is Cc1cc(C)cc(-n2c(-c3cccc(N)c3)nc3ccccc32)c1. The van der Waals surface area contributed by atoms with Gasteiger partial charge in [-0.05, 0) is 61.4 Å². The first-order valence-corrected chi connectivity index (χ1v) is 8.04. The van der Waals surface area contributed by atoms with Crippen LogP contribution in [0.5, 0.6) is 0 Å². The van der Waals surface area contributed by atoms with E-state index in [4.69, 9.17) is 10.7 Å². The monoisotopic (exact) mass is 313 g/mol. The predicted molar refractivity (Wildman–Crippen MR) is 100 cm³/mol. The molecule has 3 heteroatoms. The number of nitrogens with zero attached hydrogens (tertiary/aromatic N) is 2. The molecule has 0 aliphatic carbocycles. The van der Waals surface area contributed by atoms with Gasteiger partial charge in [0.2, 0.25) is 0 Å². The maximum atomic E-state index is 5.99. The molecule has 0 atom stereocenters. The summed E-state index contributed by atoms with van der Waals surface area (Å²) in [6.07, 6.45) is 0. The van der Waals surface area contributed by atoms with Crippen molar-refractivity contribution in [2.45, 2.75) is 13.8 Å². The van der Waals surface area contributed by atoms with Crippen molar-refractivity contribution in [1.29, 1.82) is 0 Å². The van der Waals surface area contributed by atoms with Gasteiger partial charge < -0.3 is 5.73 Å². The predicted octanol–water partition coefficient (Wildman–Crippen LogP) is 4.89. The second-order valence-corrected chi connectivity index (χ2v) is 6.23. The number of aromatic nitrogens is 2. The molecule has 0 spiro atoms. The van der Waals surface area contributed by atoms with Gasteiger partial charge >= 0.3 is 0 Å². The number of hydrogen-bond donors (Lipinski definition) is 1. The fraction of sp³-hybridized carbons (Fsp3) is 0.0952. The number of para-hydroxylation sites is 2. The topological polar surface area (TPSA) is 43.8 Å². The summed E-state index contributed by atoms with van der Waals surface area (Å²) < 4.78 is 2.21. The molecule has 1 heterocycles. The Morgan fingerprint density at radius 3 is 2.33 bits per heavy atom. The number of nitrogen functional groups attached to an aromatic ring is 1. The largest absolute Gasteiger partial charge is 0.399 e. The number of hydrogen-bond acceptors (Lipinski definition) is 2. The van der Waals surface area contributed by atoms with E-state index in [1.54, 1.807) is 0 Å². The molecule has 0 saturated carbocycles. The fourth-order valence-corrected chi connectivity index (χ4v) is 3.24. The average Bonchev–Trinajstić information content (AvgIpc) is 2.93. The zero-order valence-corrected chi connectivity index (χ0v) is 13.8. The van der Waals surface area contributed by atoms with Crippen LogP contribution in [-0.2, 0) is 0 Å². The number of benzene rings is 3. The minimum atomic E-state index is 0.742. The molecule has 0 fully saturated rings. The number of anilines is 1. The van der Waals surface area contributed by atoms with E-state index in [9.17, 15) is 0 Å². The van der Waals surface area contributed by atoms with Crippen molar-refractivity contribution in [3.05, 3.63) is 77.9 Å². The van der Waals surface area contributed by atoms with Crippen LogP contribution in [0.15, 0.2) is 66.7 Å². The van der Waals surface area contributed by atoms with Gasteiger partial charge in [0, 0.05) is 16.9 Å². The van der Waals surface area contributed by atoms with E-state index in [1.165, 1.54) is 11.1 Å². The number of nitrogens with two attached hydrogens (primary N) is 1. The highest BCUT2D eigenvalue weighted by molar-refractivity contribution is 5.83. The van der Waals surface area contributed by atoms with E-state index in [0.29, 0.717) is 0 Å². The third-order valence-electron chi connectivity index (χ3n) is 4.17. The second-order valence-electron chi connectivity index (χ2n) is 6.23. The van der Waals surface area contributed by atoms with E-state index in [1.807, 2.05) is 36.4 Å². The van der Waals surface area contributed by atoms with Crippen molar-refractivity contribution in [3.63, 3.8) is 0 Å². The second kappa shape index (κ2) is 5.53. The van der Waals surface area contributed by atoms with Crippen molar-refractivity contribution in [3.8, 4) is 17.1 Å². The third kappa shape index (κ3) is 2.44. The maximum Gasteiger partial charge on any atom is 0.145 e. The van der Waals surface area contributed by atoms with Gasteiger partial charge in [-0.15, -0.1) is 0 Å². The maximum absolute atomic E-state index is 5.99. The van der Waals surface area contributed by atoms with Gasteiger partial charge in [0.25, 0.3) is 0 Å². The molecular weight excluding hydrogens is 294 g/mol. The lowest BCUT2D eigenvalue weighted by molar-refractivity contribution is 1.09. The average molecular weight is 313 g/mol. The van der Waals surface area contributed by atoms with Crippen molar-refractivity contribution in [2.24, 2.45) is 0 Å². The van der Waals surface area contributed by atoms with Gasteiger partial charge in [0.05, 0.1) is 11.0 Å². The van der Waals surface area contributed by atoms with Gasteiger partial charge in [0.15, 0.2) is 0 Å². The lowest BCUT2D eigenvalue weighted by atomic mass is 10.1. The standard InChI is InChI=1S/C21H19N3/c1-14-10-15(2)12-18(11-14)24-20-9-4-3-8-19(20)23-21(24)16-6-5-7-17(22)13-16/h3-13H,22H2,1-2H3. The highest BCUT2D eigenvalue weighted by Crippen LogP contribution is 2.30. The zero-order valence-electron chi connectivity index (χ0n) is 13.8. The van der Waals surface area contributed by atoms with Crippen molar-refractivity contribution in [2.75, 3.05) is 5.73 Å². The van der Waals surface area contributed by atoms with Gasteiger partial charge in [-0.25, -0.2) is 4.98 Å². The Labute approximate surface area is 141 Å². The van der Waals surface area contributed by atoms with Crippen LogP contribution in [0, 0.1) is 13.8 Å². The van der Waals surface area contributed by atoms with E-state index >= 15 is 0 Å². The van der Waals surface area contributed by atoms with Gasteiger partial charge in [-0.2, -0.15) is 0 Å². The van der Waals surface area contributed by atoms with Crippen LogP contribution < -0.4 is 5.73 Å². The first-order valence-electron chi connectivity index (χ1n) is 8.04. The van der Waals surface area contributed by atoms with Gasteiger partial charge in [-0.3, -0.25) is 4.57 Å². The molecule has 0 amide bonds. The number of imidazole rings is 1. The molecule has 3 nitrogen and oxygen atoms in total. The minimum Gasteiger partial charge on any atom is -0.399 e. The Morgan fingerprint density at radius 2 is 1.58 bits per heavy atom. The highest BCUT2D eigenvalue weighted by atomic mass is 15.1. The fourth-order valence-electron chi connectivity index (χ4n) is 3.24. The zero-order chi connectivity index (χ0) is 16.7. The quantitative estimate of drug-likeness (QED) is 0.535. The molecule has 3 aromatic carbocycles.